The van der Waals surface area contributed by atoms with Gasteiger partial charge in [0.25, 0.3) is 0 Å². The Morgan fingerprint density at radius 3 is 2.30 bits per heavy atom. The Bertz CT molecular complexity index is 544. The fourth-order valence-corrected chi connectivity index (χ4v) is 4.59. The van der Waals surface area contributed by atoms with Crippen LogP contribution in [-0.2, 0) is 0 Å². The Kier molecular flexibility index (Phi) is 4.02. The van der Waals surface area contributed by atoms with Gasteiger partial charge in [-0.25, -0.2) is 4.79 Å². The molecule has 2 aliphatic heterocycles. The summed E-state index contributed by atoms with van der Waals surface area (Å²) in [6, 6.07) is 11.0. The average molecular weight is 314 g/mol. The summed E-state index contributed by atoms with van der Waals surface area (Å²) in [5, 5.41) is 13.3. The minimum Gasteiger partial charge on any atom is -0.393 e. The van der Waals surface area contributed by atoms with E-state index in [1.165, 1.54) is 24.8 Å². The van der Waals surface area contributed by atoms with Crippen molar-refractivity contribution in [3.63, 3.8) is 0 Å². The highest BCUT2D eigenvalue weighted by atomic mass is 16.3. The molecular weight excluding hydrogens is 288 g/mol. The van der Waals surface area contributed by atoms with Crippen molar-refractivity contribution >= 4 is 6.03 Å². The van der Waals surface area contributed by atoms with Crippen molar-refractivity contribution in [2.24, 2.45) is 5.92 Å². The number of benzene rings is 1. The predicted octanol–water partition coefficient (Wildman–Crippen LogP) is 3.23. The fraction of sp³-hybridized carbons (Fsp3) is 0.632. The van der Waals surface area contributed by atoms with Crippen LogP contribution in [0, 0.1) is 5.92 Å². The first kappa shape index (κ1) is 15.0. The van der Waals surface area contributed by atoms with Crippen molar-refractivity contribution in [1.29, 1.82) is 0 Å². The minimum absolute atomic E-state index is 0.0742. The summed E-state index contributed by atoms with van der Waals surface area (Å²) in [4.78, 5) is 15.0. The van der Waals surface area contributed by atoms with E-state index in [2.05, 4.69) is 17.4 Å². The second kappa shape index (κ2) is 6.16. The number of hydrogen-bond acceptors (Lipinski definition) is 2. The summed E-state index contributed by atoms with van der Waals surface area (Å²) >= 11 is 0. The van der Waals surface area contributed by atoms with Crippen LogP contribution < -0.4 is 5.32 Å². The molecule has 2 bridgehead atoms. The van der Waals surface area contributed by atoms with E-state index in [1.807, 2.05) is 23.1 Å². The van der Waals surface area contributed by atoms with Gasteiger partial charge < -0.3 is 15.3 Å². The van der Waals surface area contributed by atoms with E-state index in [0.717, 1.165) is 25.7 Å². The number of aliphatic hydroxyl groups excluding tert-OH is 1. The first-order valence-corrected chi connectivity index (χ1v) is 9.04. The van der Waals surface area contributed by atoms with Crippen LogP contribution in [0.15, 0.2) is 30.3 Å². The smallest absolute Gasteiger partial charge is 0.318 e. The average Bonchev–Trinajstić information content (AvgIpc) is 2.78. The molecule has 2 N–H and O–H groups in total. The number of nitrogens with zero attached hydrogens (tertiary/aromatic N) is 1. The number of nitrogens with one attached hydrogen (secondary N) is 1. The molecule has 0 unspecified atom stereocenters. The zero-order valence-electron chi connectivity index (χ0n) is 13.5. The number of hydrogen-bond donors (Lipinski definition) is 2. The van der Waals surface area contributed by atoms with Crippen LogP contribution in [0.25, 0.3) is 0 Å². The second-order valence-corrected chi connectivity index (χ2v) is 7.45. The largest absolute Gasteiger partial charge is 0.393 e. The highest BCUT2D eigenvalue weighted by molar-refractivity contribution is 5.76. The number of carbonyl (C=O) groups excluding carboxylic acids is 1. The highest BCUT2D eigenvalue weighted by Gasteiger charge is 2.43. The summed E-state index contributed by atoms with van der Waals surface area (Å²) in [6.45, 7) is 0. The van der Waals surface area contributed by atoms with Crippen LogP contribution in [0.4, 0.5) is 4.79 Å². The maximum absolute atomic E-state index is 12.9. The summed E-state index contributed by atoms with van der Waals surface area (Å²) in [7, 11) is 0. The molecule has 0 spiro atoms. The number of piperidine rings is 1. The molecule has 1 saturated carbocycles. The maximum Gasteiger partial charge on any atom is 0.318 e. The molecule has 3 atom stereocenters. The van der Waals surface area contributed by atoms with Crippen molar-refractivity contribution < 1.29 is 9.90 Å². The number of aliphatic hydroxyl groups is 1. The summed E-state index contributed by atoms with van der Waals surface area (Å²) < 4.78 is 0. The van der Waals surface area contributed by atoms with Crippen LogP contribution in [0.3, 0.4) is 0 Å². The molecule has 3 aliphatic rings. The zero-order chi connectivity index (χ0) is 15.8. The van der Waals surface area contributed by atoms with Gasteiger partial charge >= 0.3 is 6.03 Å². The minimum atomic E-state index is -0.229. The van der Waals surface area contributed by atoms with Gasteiger partial charge in [-0.3, -0.25) is 0 Å². The van der Waals surface area contributed by atoms with Crippen LogP contribution in [0.1, 0.15) is 56.6 Å². The van der Waals surface area contributed by atoms with Crippen LogP contribution in [0.2, 0.25) is 0 Å². The van der Waals surface area contributed by atoms with E-state index in [1.54, 1.807) is 0 Å². The summed E-state index contributed by atoms with van der Waals surface area (Å²) in [6.07, 6.45) is 6.99. The van der Waals surface area contributed by atoms with Gasteiger partial charge in [-0.15, -0.1) is 0 Å². The zero-order valence-corrected chi connectivity index (χ0v) is 13.5. The SMILES string of the molecule is O=C(N[C@@H](c1ccccc1)C1CCC1)N1[C@H]2CC[C@H]1CC(O)C2. The lowest BCUT2D eigenvalue weighted by Gasteiger charge is -2.40. The van der Waals surface area contributed by atoms with E-state index >= 15 is 0 Å². The lowest BCUT2D eigenvalue weighted by molar-refractivity contribution is 0.0519. The van der Waals surface area contributed by atoms with E-state index in [9.17, 15) is 9.90 Å². The fourth-order valence-electron chi connectivity index (χ4n) is 4.59. The normalized spacial score (nSPS) is 31.5. The second-order valence-electron chi connectivity index (χ2n) is 7.45. The molecule has 2 saturated heterocycles. The standard InChI is InChI=1S/C19H26N2O2/c22-17-11-15-9-10-16(12-17)21(15)19(23)20-18(14-7-4-8-14)13-5-2-1-3-6-13/h1-3,5-6,14-18,22H,4,7-12H2,(H,20,23)/t15-,16-,18-/m0/s1. The number of carbonyl (C=O) groups is 1. The monoisotopic (exact) mass is 314 g/mol. The maximum atomic E-state index is 12.9. The number of rotatable bonds is 3. The molecule has 4 nitrogen and oxygen atoms in total. The van der Waals surface area contributed by atoms with E-state index < -0.39 is 0 Å². The number of urea groups is 1. The molecule has 124 valence electrons. The Morgan fingerprint density at radius 2 is 1.74 bits per heavy atom. The van der Waals surface area contributed by atoms with Gasteiger partial charge in [-0.05, 0) is 50.0 Å². The van der Waals surface area contributed by atoms with Gasteiger partial charge in [0, 0.05) is 12.1 Å². The third-order valence-electron chi connectivity index (χ3n) is 6.00. The van der Waals surface area contributed by atoms with Crippen molar-refractivity contribution in [3.05, 3.63) is 35.9 Å². The molecular formula is C19H26N2O2. The molecule has 2 amide bonds. The molecule has 1 aliphatic carbocycles. The Hall–Kier alpha value is -1.55. The van der Waals surface area contributed by atoms with Crippen molar-refractivity contribution in [2.45, 2.75) is 69.2 Å². The van der Waals surface area contributed by atoms with Gasteiger partial charge in [0.05, 0.1) is 12.1 Å². The van der Waals surface area contributed by atoms with E-state index in [0.29, 0.717) is 5.92 Å². The molecule has 4 rings (SSSR count). The molecule has 1 aromatic carbocycles. The van der Waals surface area contributed by atoms with Gasteiger partial charge in [0.15, 0.2) is 0 Å². The van der Waals surface area contributed by atoms with E-state index in [-0.39, 0.29) is 30.3 Å². The summed E-state index contributed by atoms with van der Waals surface area (Å²) in [5.41, 5.74) is 1.22. The number of fused-ring (bicyclic) bond motifs is 2. The lowest BCUT2D eigenvalue weighted by atomic mass is 9.77. The third-order valence-corrected chi connectivity index (χ3v) is 6.00. The van der Waals surface area contributed by atoms with Gasteiger partial charge in [0.2, 0.25) is 0 Å². The molecule has 2 heterocycles. The Labute approximate surface area is 137 Å². The topological polar surface area (TPSA) is 52.6 Å². The van der Waals surface area contributed by atoms with Gasteiger partial charge in [-0.1, -0.05) is 36.8 Å². The Morgan fingerprint density at radius 1 is 1.09 bits per heavy atom. The predicted molar refractivity (Wildman–Crippen MR) is 88.9 cm³/mol. The molecule has 0 radical (unpaired) electrons. The van der Waals surface area contributed by atoms with Crippen molar-refractivity contribution in [2.75, 3.05) is 0 Å². The van der Waals surface area contributed by atoms with Crippen LogP contribution in [-0.4, -0.2) is 34.2 Å². The highest BCUT2D eigenvalue weighted by Crippen LogP contribution is 2.39. The Balaban J connectivity index is 1.50. The first-order chi connectivity index (χ1) is 11.2. The molecule has 23 heavy (non-hydrogen) atoms. The van der Waals surface area contributed by atoms with E-state index in [4.69, 9.17) is 0 Å². The quantitative estimate of drug-likeness (QED) is 0.900. The third kappa shape index (κ3) is 2.85. The van der Waals surface area contributed by atoms with Crippen LogP contribution >= 0.6 is 0 Å². The van der Waals surface area contributed by atoms with Gasteiger partial charge in [0.1, 0.15) is 0 Å². The van der Waals surface area contributed by atoms with Crippen molar-refractivity contribution in [3.8, 4) is 0 Å². The summed E-state index contributed by atoms with van der Waals surface area (Å²) in [5.74, 6) is 0.564. The lowest BCUT2D eigenvalue weighted by Crippen LogP contribution is -2.53. The molecule has 3 fully saturated rings. The molecule has 4 heteroatoms. The van der Waals surface area contributed by atoms with Crippen LogP contribution in [0.5, 0.6) is 0 Å². The number of amides is 2. The molecule has 0 aromatic heterocycles. The molecule has 1 aromatic rings. The van der Waals surface area contributed by atoms with Gasteiger partial charge in [-0.2, -0.15) is 0 Å². The first-order valence-electron chi connectivity index (χ1n) is 9.04. The van der Waals surface area contributed by atoms with Crippen molar-refractivity contribution in [1.82, 2.24) is 10.2 Å².